The van der Waals surface area contributed by atoms with Gasteiger partial charge in [-0.25, -0.2) is 13.9 Å². The molecule has 1 unspecified atom stereocenters. The van der Waals surface area contributed by atoms with Gasteiger partial charge in [-0.3, -0.25) is 4.98 Å². The van der Waals surface area contributed by atoms with Crippen molar-refractivity contribution in [3.8, 4) is 11.3 Å². The van der Waals surface area contributed by atoms with Crippen molar-refractivity contribution < 1.29 is 4.21 Å². The smallest absolute Gasteiger partial charge is 0.172 e. The molecule has 1 atom stereocenters. The Labute approximate surface area is 201 Å². The van der Waals surface area contributed by atoms with Crippen LogP contribution in [0.4, 0.5) is 11.5 Å². The predicted octanol–water partition coefficient (Wildman–Crippen LogP) is 5.11. The summed E-state index contributed by atoms with van der Waals surface area (Å²) < 4.78 is 18.2. The standard InChI is InChI=1S/C24H19BrN6OS/c25-21-16-27-31-23(13-22(30-24(21)31)18-6-2-1-3-7-18)29-19-8-10-20(11-9-19)33(32)28-15-17-5-4-12-26-14-17/h1-14,16,28-29H,15H2. The Bertz CT molecular complexity index is 1410. The van der Waals surface area contributed by atoms with E-state index in [4.69, 9.17) is 4.98 Å². The molecule has 0 amide bonds. The van der Waals surface area contributed by atoms with E-state index >= 15 is 0 Å². The SMILES string of the molecule is O=S(NCc1cccnc1)c1ccc(Nc2cc(-c3ccccc3)nc3c(Br)cnn23)cc1. The molecule has 0 radical (unpaired) electrons. The van der Waals surface area contributed by atoms with Gasteiger partial charge in [-0.1, -0.05) is 36.4 Å². The molecule has 2 aromatic carbocycles. The average Bonchev–Trinajstić information content (AvgIpc) is 3.25. The summed E-state index contributed by atoms with van der Waals surface area (Å²) >= 11 is 3.53. The van der Waals surface area contributed by atoms with Crippen molar-refractivity contribution in [3.05, 3.63) is 101 Å². The van der Waals surface area contributed by atoms with E-state index in [2.05, 4.69) is 36.1 Å². The summed E-state index contributed by atoms with van der Waals surface area (Å²) in [6.07, 6.45) is 5.19. The Balaban J connectivity index is 1.37. The molecular weight excluding hydrogens is 500 g/mol. The molecule has 9 heteroatoms. The van der Waals surface area contributed by atoms with Crippen LogP contribution in [0.2, 0.25) is 0 Å². The number of benzene rings is 2. The second kappa shape index (κ2) is 9.62. The summed E-state index contributed by atoms with van der Waals surface area (Å²) in [7, 11) is -1.33. The number of halogens is 1. The molecule has 2 N–H and O–H groups in total. The van der Waals surface area contributed by atoms with Crippen LogP contribution in [0, 0.1) is 0 Å². The molecule has 0 aliphatic carbocycles. The third-order valence-corrected chi connectivity index (χ3v) is 6.64. The lowest BCUT2D eigenvalue weighted by molar-refractivity contribution is 0.671. The number of aromatic nitrogens is 4. The molecule has 0 aliphatic heterocycles. The number of hydrogen-bond donors (Lipinski definition) is 2. The second-order valence-electron chi connectivity index (χ2n) is 7.22. The van der Waals surface area contributed by atoms with Crippen molar-refractivity contribution in [3.63, 3.8) is 0 Å². The van der Waals surface area contributed by atoms with Crippen LogP contribution in [0.15, 0.2) is 101 Å². The van der Waals surface area contributed by atoms with Crippen LogP contribution in [0.3, 0.4) is 0 Å². The number of nitrogens with one attached hydrogen (secondary N) is 2. The lowest BCUT2D eigenvalue weighted by Crippen LogP contribution is -2.16. The average molecular weight is 519 g/mol. The molecule has 0 spiro atoms. The van der Waals surface area contributed by atoms with Gasteiger partial charge in [0.1, 0.15) is 16.8 Å². The highest BCUT2D eigenvalue weighted by molar-refractivity contribution is 9.10. The van der Waals surface area contributed by atoms with Crippen molar-refractivity contribution in [2.45, 2.75) is 11.4 Å². The maximum absolute atomic E-state index is 12.6. The predicted molar refractivity (Wildman–Crippen MR) is 133 cm³/mol. The van der Waals surface area contributed by atoms with Gasteiger partial charge in [-0.15, -0.1) is 0 Å². The van der Waals surface area contributed by atoms with Gasteiger partial charge in [-0.2, -0.15) is 9.61 Å². The second-order valence-corrected chi connectivity index (χ2v) is 9.37. The van der Waals surface area contributed by atoms with Crippen molar-refractivity contribution in [2.24, 2.45) is 0 Å². The zero-order valence-electron chi connectivity index (χ0n) is 17.4. The molecule has 0 bridgehead atoms. The van der Waals surface area contributed by atoms with Gasteiger partial charge in [0.25, 0.3) is 0 Å². The molecule has 3 heterocycles. The third-order valence-electron chi connectivity index (χ3n) is 4.97. The van der Waals surface area contributed by atoms with Crippen molar-refractivity contribution in [2.75, 3.05) is 5.32 Å². The van der Waals surface area contributed by atoms with E-state index in [1.807, 2.05) is 72.8 Å². The molecule has 33 heavy (non-hydrogen) atoms. The first-order chi connectivity index (χ1) is 16.2. The van der Waals surface area contributed by atoms with E-state index in [0.717, 1.165) is 38.4 Å². The molecular formula is C24H19BrN6OS. The molecule has 3 aromatic heterocycles. The van der Waals surface area contributed by atoms with Crippen LogP contribution in [0.5, 0.6) is 0 Å². The van der Waals surface area contributed by atoms with Crippen LogP contribution in [0.1, 0.15) is 5.56 Å². The Hall–Kier alpha value is -3.40. The topological polar surface area (TPSA) is 84.2 Å². The minimum atomic E-state index is -1.33. The monoisotopic (exact) mass is 518 g/mol. The van der Waals surface area contributed by atoms with Crippen LogP contribution < -0.4 is 10.0 Å². The summed E-state index contributed by atoms with van der Waals surface area (Å²) in [6.45, 7) is 0.478. The first-order valence-corrected chi connectivity index (χ1v) is 12.1. The quantitative estimate of drug-likeness (QED) is 0.312. The Morgan fingerprint density at radius 2 is 1.79 bits per heavy atom. The van der Waals surface area contributed by atoms with E-state index in [1.54, 1.807) is 23.1 Å². The fourth-order valence-corrected chi connectivity index (χ4v) is 4.52. The van der Waals surface area contributed by atoms with Gasteiger partial charge in [0, 0.05) is 36.3 Å². The van der Waals surface area contributed by atoms with Crippen molar-refractivity contribution in [1.82, 2.24) is 24.3 Å². The first-order valence-electron chi connectivity index (χ1n) is 10.2. The number of hydrogen-bond acceptors (Lipinski definition) is 5. The Morgan fingerprint density at radius 3 is 2.55 bits per heavy atom. The van der Waals surface area contributed by atoms with Crippen LogP contribution in [-0.4, -0.2) is 23.8 Å². The molecule has 0 saturated carbocycles. The minimum absolute atomic E-state index is 0.478. The fraction of sp³-hybridized carbons (Fsp3) is 0.0417. The summed E-state index contributed by atoms with van der Waals surface area (Å²) in [5, 5.41) is 7.84. The number of pyridine rings is 1. The fourth-order valence-electron chi connectivity index (χ4n) is 3.33. The summed E-state index contributed by atoms with van der Waals surface area (Å²) in [6, 6.07) is 23.2. The number of fused-ring (bicyclic) bond motifs is 1. The molecule has 7 nitrogen and oxygen atoms in total. The Kier molecular flexibility index (Phi) is 6.25. The van der Waals surface area contributed by atoms with E-state index in [0.29, 0.717) is 11.4 Å². The molecule has 0 saturated heterocycles. The number of nitrogens with zero attached hydrogens (tertiary/aromatic N) is 4. The molecule has 164 valence electrons. The van der Waals surface area contributed by atoms with Crippen LogP contribution in [-0.2, 0) is 17.5 Å². The number of anilines is 2. The van der Waals surface area contributed by atoms with Gasteiger partial charge in [0.15, 0.2) is 5.65 Å². The Morgan fingerprint density at radius 1 is 0.970 bits per heavy atom. The maximum Gasteiger partial charge on any atom is 0.172 e. The highest BCUT2D eigenvalue weighted by Gasteiger charge is 2.12. The maximum atomic E-state index is 12.6. The minimum Gasteiger partial charge on any atom is -0.340 e. The van der Waals surface area contributed by atoms with Gasteiger partial charge in [-0.05, 0) is 51.8 Å². The van der Waals surface area contributed by atoms with Crippen LogP contribution in [0.25, 0.3) is 16.9 Å². The molecule has 5 rings (SSSR count). The van der Waals surface area contributed by atoms with E-state index in [9.17, 15) is 4.21 Å². The highest BCUT2D eigenvalue weighted by Crippen LogP contribution is 2.27. The van der Waals surface area contributed by atoms with Gasteiger partial charge < -0.3 is 5.32 Å². The van der Waals surface area contributed by atoms with Crippen molar-refractivity contribution >= 4 is 44.1 Å². The first kappa shape index (κ1) is 21.4. The van der Waals surface area contributed by atoms with E-state index in [1.165, 1.54) is 0 Å². The highest BCUT2D eigenvalue weighted by atomic mass is 79.9. The summed E-state index contributed by atoms with van der Waals surface area (Å²) in [5.41, 5.74) is 4.40. The van der Waals surface area contributed by atoms with E-state index < -0.39 is 11.0 Å². The van der Waals surface area contributed by atoms with Gasteiger partial charge in [0.05, 0.1) is 21.3 Å². The zero-order chi connectivity index (χ0) is 22.6. The number of rotatable bonds is 7. The zero-order valence-corrected chi connectivity index (χ0v) is 19.8. The lowest BCUT2D eigenvalue weighted by atomic mass is 10.1. The summed E-state index contributed by atoms with van der Waals surface area (Å²) in [4.78, 5) is 9.52. The lowest BCUT2D eigenvalue weighted by Gasteiger charge is -2.12. The molecule has 0 aliphatic rings. The van der Waals surface area contributed by atoms with Crippen molar-refractivity contribution in [1.29, 1.82) is 0 Å². The summed E-state index contributed by atoms with van der Waals surface area (Å²) in [5.74, 6) is 0.771. The molecule has 0 fully saturated rings. The van der Waals surface area contributed by atoms with Gasteiger partial charge >= 0.3 is 0 Å². The van der Waals surface area contributed by atoms with Gasteiger partial charge in [0.2, 0.25) is 0 Å². The third kappa shape index (κ3) is 4.85. The van der Waals surface area contributed by atoms with E-state index in [-0.39, 0.29) is 0 Å². The molecule has 5 aromatic rings. The van der Waals surface area contributed by atoms with Crippen LogP contribution >= 0.6 is 15.9 Å². The largest absolute Gasteiger partial charge is 0.340 e. The normalized spacial score (nSPS) is 12.0.